The van der Waals surface area contributed by atoms with Gasteiger partial charge in [0.2, 0.25) is 0 Å². The van der Waals surface area contributed by atoms with Gasteiger partial charge in [0.25, 0.3) is 0 Å². The standard InChI is InChI=1S/C15H14BrN3O2/c16-10-3-1-2-9(6-10)7-13-18-12-4-5-17-8-11(12)14(19-13)15(20)21/h1-3,6,17H,4-5,7-8H2,(H,20,21). The van der Waals surface area contributed by atoms with Gasteiger partial charge in [0, 0.05) is 36.0 Å². The molecule has 21 heavy (non-hydrogen) atoms. The molecule has 2 aromatic rings. The van der Waals surface area contributed by atoms with Crippen LogP contribution in [0.1, 0.15) is 33.1 Å². The molecule has 0 fully saturated rings. The second-order valence-electron chi connectivity index (χ2n) is 4.95. The summed E-state index contributed by atoms with van der Waals surface area (Å²) in [4.78, 5) is 20.2. The third-order valence-corrected chi connectivity index (χ3v) is 3.93. The maximum Gasteiger partial charge on any atom is 0.354 e. The Bertz CT molecular complexity index is 703. The van der Waals surface area contributed by atoms with E-state index in [9.17, 15) is 9.90 Å². The number of rotatable bonds is 3. The molecule has 108 valence electrons. The van der Waals surface area contributed by atoms with Crippen LogP contribution in [0.4, 0.5) is 0 Å². The van der Waals surface area contributed by atoms with Crippen molar-refractivity contribution in [1.82, 2.24) is 15.3 Å². The lowest BCUT2D eigenvalue weighted by Gasteiger charge is -2.18. The van der Waals surface area contributed by atoms with Crippen molar-refractivity contribution in [2.45, 2.75) is 19.4 Å². The highest BCUT2D eigenvalue weighted by Crippen LogP contribution is 2.18. The molecule has 1 aromatic carbocycles. The third-order valence-electron chi connectivity index (χ3n) is 3.43. The Hall–Kier alpha value is -1.79. The Balaban J connectivity index is 1.99. The fourth-order valence-corrected chi connectivity index (χ4v) is 2.93. The van der Waals surface area contributed by atoms with E-state index in [-0.39, 0.29) is 5.69 Å². The van der Waals surface area contributed by atoms with Gasteiger partial charge in [-0.05, 0) is 17.7 Å². The number of carbonyl (C=O) groups is 1. The first-order valence-corrected chi connectivity index (χ1v) is 7.50. The lowest BCUT2D eigenvalue weighted by atomic mass is 10.0. The summed E-state index contributed by atoms with van der Waals surface area (Å²) in [6.45, 7) is 1.34. The van der Waals surface area contributed by atoms with Crippen LogP contribution in [-0.2, 0) is 19.4 Å². The normalized spacial score (nSPS) is 13.8. The molecule has 6 heteroatoms. The van der Waals surface area contributed by atoms with E-state index in [0.29, 0.717) is 24.4 Å². The molecule has 2 N–H and O–H groups in total. The first-order valence-electron chi connectivity index (χ1n) is 6.70. The maximum absolute atomic E-state index is 11.4. The summed E-state index contributed by atoms with van der Waals surface area (Å²) in [6.07, 6.45) is 1.27. The summed E-state index contributed by atoms with van der Waals surface area (Å²) < 4.78 is 0.987. The zero-order valence-corrected chi connectivity index (χ0v) is 12.9. The van der Waals surface area contributed by atoms with E-state index in [1.807, 2.05) is 24.3 Å². The van der Waals surface area contributed by atoms with E-state index < -0.39 is 5.97 Å². The second-order valence-corrected chi connectivity index (χ2v) is 5.87. The van der Waals surface area contributed by atoms with Crippen molar-refractivity contribution in [2.24, 2.45) is 0 Å². The fraction of sp³-hybridized carbons (Fsp3) is 0.267. The van der Waals surface area contributed by atoms with Crippen LogP contribution in [0.3, 0.4) is 0 Å². The number of benzene rings is 1. The highest BCUT2D eigenvalue weighted by Gasteiger charge is 2.21. The number of hydrogen-bond acceptors (Lipinski definition) is 4. The molecule has 5 nitrogen and oxygen atoms in total. The molecule has 0 radical (unpaired) electrons. The first kappa shape index (κ1) is 14.2. The monoisotopic (exact) mass is 347 g/mol. The molecule has 0 unspecified atom stereocenters. The predicted molar refractivity (Wildman–Crippen MR) is 81.4 cm³/mol. The van der Waals surface area contributed by atoms with Gasteiger partial charge in [-0.25, -0.2) is 14.8 Å². The number of fused-ring (bicyclic) bond motifs is 1. The van der Waals surface area contributed by atoms with Gasteiger partial charge in [0.1, 0.15) is 5.82 Å². The average Bonchev–Trinajstić information content (AvgIpc) is 2.46. The Morgan fingerprint density at radius 3 is 3.00 bits per heavy atom. The van der Waals surface area contributed by atoms with E-state index >= 15 is 0 Å². The summed E-state index contributed by atoms with van der Waals surface area (Å²) in [5.41, 5.74) is 2.74. The molecule has 0 saturated heterocycles. The predicted octanol–water partition coefficient (Wildman–Crippen LogP) is 2.17. The number of hydrogen-bond donors (Lipinski definition) is 2. The van der Waals surface area contributed by atoms with E-state index in [4.69, 9.17) is 0 Å². The summed E-state index contributed by atoms with van der Waals surface area (Å²) in [7, 11) is 0. The van der Waals surface area contributed by atoms with Crippen LogP contribution >= 0.6 is 15.9 Å². The van der Waals surface area contributed by atoms with Gasteiger partial charge in [0.05, 0.1) is 5.69 Å². The van der Waals surface area contributed by atoms with Crippen LogP contribution in [-0.4, -0.2) is 27.6 Å². The number of carboxylic acids is 1. The molecule has 0 amide bonds. The molecule has 1 aliphatic rings. The van der Waals surface area contributed by atoms with Crippen LogP contribution < -0.4 is 5.32 Å². The largest absolute Gasteiger partial charge is 0.476 e. The topological polar surface area (TPSA) is 75.1 Å². The Morgan fingerprint density at radius 2 is 2.24 bits per heavy atom. The van der Waals surface area contributed by atoms with Gasteiger partial charge in [-0.3, -0.25) is 0 Å². The van der Waals surface area contributed by atoms with E-state index in [0.717, 1.165) is 28.7 Å². The maximum atomic E-state index is 11.4. The number of nitrogens with one attached hydrogen (secondary N) is 1. The minimum Gasteiger partial charge on any atom is -0.476 e. The molecule has 0 bridgehead atoms. The van der Waals surface area contributed by atoms with Crippen molar-refractivity contribution in [3.05, 3.63) is 57.1 Å². The van der Waals surface area contributed by atoms with Crippen LogP contribution in [0.15, 0.2) is 28.7 Å². The van der Waals surface area contributed by atoms with Crippen LogP contribution in [0, 0.1) is 0 Å². The minimum absolute atomic E-state index is 0.122. The molecule has 1 aliphatic heterocycles. The number of carboxylic acid groups (broad SMARTS) is 1. The minimum atomic E-state index is -0.993. The van der Waals surface area contributed by atoms with Gasteiger partial charge in [-0.15, -0.1) is 0 Å². The molecule has 2 heterocycles. The van der Waals surface area contributed by atoms with Crippen molar-refractivity contribution >= 4 is 21.9 Å². The lowest BCUT2D eigenvalue weighted by Crippen LogP contribution is -2.28. The van der Waals surface area contributed by atoms with Crippen molar-refractivity contribution < 1.29 is 9.90 Å². The molecule has 3 rings (SSSR count). The molecule has 0 spiro atoms. The highest BCUT2D eigenvalue weighted by molar-refractivity contribution is 9.10. The van der Waals surface area contributed by atoms with E-state index in [2.05, 4.69) is 31.2 Å². The van der Waals surface area contributed by atoms with Crippen molar-refractivity contribution in [3.63, 3.8) is 0 Å². The third kappa shape index (κ3) is 3.11. The van der Waals surface area contributed by atoms with Crippen molar-refractivity contribution in [1.29, 1.82) is 0 Å². The highest BCUT2D eigenvalue weighted by atomic mass is 79.9. The van der Waals surface area contributed by atoms with Crippen LogP contribution in [0.5, 0.6) is 0 Å². The molecular formula is C15H14BrN3O2. The number of halogens is 1. The molecule has 0 atom stereocenters. The second kappa shape index (κ2) is 5.91. The van der Waals surface area contributed by atoms with Crippen molar-refractivity contribution in [3.8, 4) is 0 Å². The Morgan fingerprint density at radius 1 is 1.38 bits per heavy atom. The van der Waals surface area contributed by atoms with Gasteiger partial charge in [-0.1, -0.05) is 28.1 Å². The molecule has 0 aliphatic carbocycles. The molecular weight excluding hydrogens is 334 g/mol. The summed E-state index contributed by atoms with van der Waals surface area (Å²) in [6, 6.07) is 7.87. The average molecular weight is 348 g/mol. The Labute approximate surface area is 130 Å². The number of nitrogens with zero attached hydrogens (tertiary/aromatic N) is 2. The lowest BCUT2D eigenvalue weighted by molar-refractivity contribution is 0.0688. The summed E-state index contributed by atoms with van der Waals surface area (Å²) >= 11 is 3.43. The van der Waals surface area contributed by atoms with Gasteiger partial charge in [0.15, 0.2) is 5.69 Å². The number of aromatic carboxylic acids is 1. The molecule has 0 saturated carbocycles. The Kier molecular flexibility index (Phi) is 3.98. The quantitative estimate of drug-likeness (QED) is 0.889. The van der Waals surface area contributed by atoms with Gasteiger partial charge < -0.3 is 10.4 Å². The van der Waals surface area contributed by atoms with Crippen LogP contribution in [0.25, 0.3) is 0 Å². The molecule has 1 aromatic heterocycles. The van der Waals surface area contributed by atoms with E-state index in [1.165, 1.54) is 0 Å². The van der Waals surface area contributed by atoms with Crippen molar-refractivity contribution in [2.75, 3.05) is 6.54 Å². The van der Waals surface area contributed by atoms with Gasteiger partial charge >= 0.3 is 5.97 Å². The van der Waals surface area contributed by atoms with E-state index in [1.54, 1.807) is 0 Å². The zero-order chi connectivity index (χ0) is 14.8. The van der Waals surface area contributed by atoms with Crippen LogP contribution in [0.2, 0.25) is 0 Å². The smallest absolute Gasteiger partial charge is 0.354 e. The number of aromatic nitrogens is 2. The SMILES string of the molecule is O=C(O)c1nc(Cc2cccc(Br)c2)nc2c1CNCC2. The summed E-state index contributed by atoms with van der Waals surface area (Å²) in [5.74, 6) is -0.431. The summed E-state index contributed by atoms with van der Waals surface area (Å²) in [5, 5.41) is 12.5. The fourth-order valence-electron chi connectivity index (χ4n) is 2.48. The zero-order valence-electron chi connectivity index (χ0n) is 11.3. The first-order chi connectivity index (χ1) is 10.1. The van der Waals surface area contributed by atoms with Gasteiger partial charge in [-0.2, -0.15) is 0 Å².